The number of alkyl carbamates (subject to hydrolysis) is 1. The van der Waals surface area contributed by atoms with Gasteiger partial charge in [0.2, 0.25) is 5.91 Å². The largest absolute Gasteiger partial charge is 0.444 e. The number of carbonyl (C=O) groups excluding carboxylic acids is 2. The summed E-state index contributed by atoms with van der Waals surface area (Å²) in [6, 6.07) is 8.72. The first kappa shape index (κ1) is 37.1. The summed E-state index contributed by atoms with van der Waals surface area (Å²) in [5.74, 6) is -0.389. The van der Waals surface area contributed by atoms with E-state index < -0.39 is 33.5 Å². The van der Waals surface area contributed by atoms with E-state index in [-0.39, 0.29) is 30.1 Å². The van der Waals surface area contributed by atoms with Crippen LogP contribution in [0.1, 0.15) is 79.0 Å². The van der Waals surface area contributed by atoms with Crippen LogP contribution in [0.3, 0.4) is 0 Å². The number of piperazine rings is 1. The normalized spacial score (nSPS) is 16.4. The molecule has 0 aromatic heterocycles. The Morgan fingerprint density at radius 2 is 1.67 bits per heavy atom. The summed E-state index contributed by atoms with van der Waals surface area (Å²) >= 11 is 12.5. The molecule has 0 saturated carbocycles. The molecule has 250 valence electrons. The fourth-order valence-corrected chi connectivity index (χ4v) is 6.41. The van der Waals surface area contributed by atoms with Crippen LogP contribution in [0.2, 0.25) is 10.0 Å². The number of anilines is 1. The van der Waals surface area contributed by atoms with E-state index in [0.29, 0.717) is 53.9 Å². The molecule has 1 aliphatic heterocycles. The SMILES string of the molecule is CC(C)C[C@H](N[S@@](=O)C(C)(C)C)c1cccc(F)c1N1CCN(C(=O)[C@@H](Cc2ccc(Cl)cc2Cl)NC(=O)OC(C)(C)C)CC1. The Morgan fingerprint density at radius 1 is 1.02 bits per heavy atom. The first-order valence-corrected chi connectivity index (χ1v) is 17.2. The molecule has 1 aliphatic rings. The Balaban J connectivity index is 1.83. The van der Waals surface area contributed by atoms with E-state index in [1.165, 1.54) is 6.07 Å². The van der Waals surface area contributed by atoms with Gasteiger partial charge in [0.1, 0.15) is 17.5 Å². The van der Waals surface area contributed by atoms with Gasteiger partial charge in [-0.25, -0.2) is 18.1 Å². The third kappa shape index (κ3) is 10.8. The number of nitrogens with one attached hydrogen (secondary N) is 2. The highest BCUT2D eigenvalue weighted by Gasteiger charge is 2.33. The van der Waals surface area contributed by atoms with E-state index in [4.69, 9.17) is 27.9 Å². The van der Waals surface area contributed by atoms with Gasteiger partial charge < -0.3 is 19.9 Å². The fourth-order valence-electron chi connectivity index (χ4n) is 5.09. The second-order valence-electron chi connectivity index (χ2n) is 13.8. The molecule has 0 radical (unpaired) electrons. The zero-order valence-corrected chi connectivity index (χ0v) is 29.8. The summed E-state index contributed by atoms with van der Waals surface area (Å²) in [5.41, 5.74) is 1.09. The summed E-state index contributed by atoms with van der Waals surface area (Å²) in [7, 11) is -1.36. The number of carbonyl (C=O) groups is 2. The van der Waals surface area contributed by atoms with Crippen molar-refractivity contribution in [1.29, 1.82) is 0 Å². The second-order valence-corrected chi connectivity index (χ2v) is 16.7. The Morgan fingerprint density at radius 3 is 2.22 bits per heavy atom. The van der Waals surface area contributed by atoms with Crippen LogP contribution in [0.4, 0.5) is 14.9 Å². The van der Waals surface area contributed by atoms with Crippen LogP contribution in [-0.4, -0.2) is 63.7 Å². The third-order valence-corrected chi connectivity index (χ3v) is 9.44. The van der Waals surface area contributed by atoms with Crippen LogP contribution in [0, 0.1) is 11.7 Å². The van der Waals surface area contributed by atoms with E-state index in [1.54, 1.807) is 49.9 Å². The van der Waals surface area contributed by atoms with Crippen molar-refractivity contribution in [3.8, 4) is 0 Å². The Bertz CT molecular complexity index is 1370. The topological polar surface area (TPSA) is 91.0 Å². The predicted molar refractivity (Wildman–Crippen MR) is 182 cm³/mol. The van der Waals surface area contributed by atoms with E-state index in [2.05, 4.69) is 23.9 Å². The van der Waals surface area contributed by atoms with Crippen LogP contribution in [0.5, 0.6) is 0 Å². The van der Waals surface area contributed by atoms with Crippen molar-refractivity contribution in [2.45, 2.75) is 90.7 Å². The lowest BCUT2D eigenvalue weighted by Gasteiger charge is -2.39. The summed E-state index contributed by atoms with van der Waals surface area (Å²) in [4.78, 5) is 30.2. The highest BCUT2D eigenvalue weighted by atomic mass is 35.5. The molecule has 12 heteroatoms. The maximum Gasteiger partial charge on any atom is 0.408 e. The molecule has 8 nitrogen and oxygen atoms in total. The number of ether oxygens (including phenoxy) is 1. The van der Waals surface area contributed by atoms with Crippen LogP contribution in [0.25, 0.3) is 0 Å². The van der Waals surface area contributed by atoms with Gasteiger partial charge in [-0.05, 0) is 83.2 Å². The first-order valence-electron chi connectivity index (χ1n) is 15.3. The highest BCUT2D eigenvalue weighted by Crippen LogP contribution is 2.34. The molecule has 0 spiro atoms. The number of rotatable bonds is 10. The van der Waals surface area contributed by atoms with E-state index >= 15 is 4.39 Å². The van der Waals surface area contributed by atoms with E-state index in [0.717, 1.165) is 5.56 Å². The zero-order valence-electron chi connectivity index (χ0n) is 27.5. The molecule has 2 amide bonds. The summed E-state index contributed by atoms with van der Waals surface area (Å²) < 4.78 is 36.9. The summed E-state index contributed by atoms with van der Waals surface area (Å²) in [6.45, 7) is 16.5. The van der Waals surface area contributed by atoms with E-state index in [9.17, 15) is 13.8 Å². The average molecular weight is 686 g/mol. The lowest BCUT2D eigenvalue weighted by atomic mass is 9.95. The summed E-state index contributed by atoms with van der Waals surface area (Å²) in [5, 5.41) is 3.58. The predicted octanol–water partition coefficient (Wildman–Crippen LogP) is 7.06. The standard InChI is InChI=1S/C33H47Cl2FN4O4S/c1-21(2)18-27(38-45(43)33(6,7)8)24-10-9-11-26(36)29(24)39-14-16-40(17-15-39)30(41)28(37-31(42)44-32(3,4)5)19-22-12-13-23(34)20-25(22)35/h9-13,20-21,27-28,38H,14-19H2,1-8H3,(H,37,42)/t27-,28+,45-/m0/s1. The molecule has 2 aromatic rings. The Kier molecular flexibility index (Phi) is 12.7. The van der Waals surface area contributed by atoms with E-state index in [1.807, 2.05) is 31.7 Å². The van der Waals surface area contributed by atoms with Gasteiger partial charge >= 0.3 is 6.09 Å². The second kappa shape index (κ2) is 15.5. The molecule has 3 atom stereocenters. The van der Waals surface area contributed by atoms with Crippen LogP contribution < -0.4 is 14.9 Å². The smallest absolute Gasteiger partial charge is 0.408 e. The molecular formula is C33H47Cl2FN4O4S. The quantitative estimate of drug-likeness (QED) is 0.280. The number of halogens is 3. The average Bonchev–Trinajstić information content (AvgIpc) is 2.91. The molecule has 45 heavy (non-hydrogen) atoms. The van der Waals surface area contributed by atoms with Crippen LogP contribution in [0.15, 0.2) is 36.4 Å². The van der Waals surface area contributed by atoms with Gasteiger partial charge in [0, 0.05) is 48.7 Å². The first-order chi connectivity index (χ1) is 20.9. The molecule has 2 aromatic carbocycles. The number of hydrogen-bond acceptors (Lipinski definition) is 5. The Hall–Kier alpha value is -2.40. The van der Waals surface area contributed by atoms with Gasteiger partial charge in [0.05, 0.1) is 21.4 Å². The molecule has 2 N–H and O–H groups in total. The Labute approximate surface area is 279 Å². The van der Waals surface area contributed by atoms with Gasteiger partial charge in [-0.15, -0.1) is 0 Å². The minimum absolute atomic E-state index is 0.138. The molecule has 1 fully saturated rings. The van der Waals surface area contributed by atoms with Crippen molar-refractivity contribution in [2.24, 2.45) is 5.92 Å². The molecule has 0 unspecified atom stereocenters. The molecule has 3 rings (SSSR count). The van der Waals surface area contributed by atoms with Gasteiger partial charge in [-0.3, -0.25) is 4.79 Å². The fraction of sp³-hybridized carbons (Fsp3) is 0.576. The lowest BCUT2D eigenvalue weighted by molar-refractivity contribution is -0.133. The van der Waals surface area contributed by atoms with Crippen molar-refractivity contribution in [2.75, 3.05) is 31.1 Å². The molecule has 1 heterocycles. The van der Waals surface area contributed by atoms with Crippen molar-refractivity contribution in [3.05, 3.63) is 63.4 Å². The lowest BCUT2D eigenvalue weighted by Crippen LogP contribution is -2.56. The maximum atomic E-state index is 15.6. The van der Waals surface area contributed by atoms with Gasteiger partial charge in [-0.2, -0.15) is 0 Å². The number of nitrogens with zero attached hydrogens (tertiary/aromatic N) is 2. The van der Waals surface area contributed by atoms with Crippen molar-refractivity contribution >= 4 is 51.9 Å². The van der Waals surface area contributed by atoms with Crippen molar-refractivity contribution in [3.63, 3.8) is 0 Å². The van der Waals surface area contributed by atoms with Gasteiger partial charge in [0.15, 0.2) is 0 Å². The molecule has 0 aliphatic carbocycles. The summed E-state index contributed by atoms with van der Waals surface area (Å²) in [6.07, 6.45) is 0.0956. The minimum Gasteiger partial charge on any atom is -0.444 e. The maximum absolute atomic E-state index is 15.6. The number of benzene rings is 2. The number of hydrogen-bond donors (Lipinski definition) is 2. The minimum atomic E-state index is -1.36. The molecular weight excluding hydrogens is 638 g/mol. The molecule has 0 bridgehead atoms. The van der Waals surface area contributed by atoms with Gasteiger partial charge in [-0.1, -0.05) is 55.2 Å². The zero-order chi connectivity index (χ0) is 33.7. The third-order valence-electron chi connectivity index (χ3n) is 7.24. The monoisotopic (exact) mass is 684 g/mol. The van der Waals surface area contributed by atoms with Crippen LogP contribution >= 0.6 is 23.2 Å². The molecule has 1 saturated heterocycles. The number of para-hydroxylation sites is 1. The number of amides is 2. The van der Waals surface area contributed by atoms with Gasteiger partial charge in [0.25, 0.3) is 0 Å². The van der Waals surface area contributed by atoms with Crippen molar-refractivity contribution in [1.82, 2.24) is 14.9 Å². The highest BCUT2D eigenvalue weighted by molar-refractivity contribution is 7.84. The van der Waals surface area contributed by atoms with Crippen LogP contribution in [-0.2, 0) is 26.9 Å². The van der Waals surface area contributed by atoms with Crippen molar-refractivity contribution < 1.29 is 22.9 Å².